The number of tetrazole rings is 1. The summed E-state index contributed by atoms with van der Waals surface area (Å²) in [6.45, 7) is 2.07. The van der Waals surface area contributed by atoms with Crippen molar-refractivity contribution in [2.45, 2.75) is 25.0 Å². The lowest BCUT2D eigenvalue weighted by atomic mass is 10.0. The van der Waals surface area contributed by atoms with Crippen molar-refractivity contribution in [3.05, 3.63) is 48.3 Å². The van der Waals surface area contributed by atoms with Gasteiger partial charge in [-0.25, -0.2) is 13.9 Å². The summed E-state index contributed by atoms with van der Waals surface area (Å²) in [6, 6.07) is 5.20. The molecule has 1 atom stereocenters. The smallest absolute Gasteiger partial charge is 0.411 e. The second-order valence-electron chi connectivity index (χ2n) is 7.25. The highest BCUT2D eigenvalue weighted by Crippen LogP contribution is 2.31. The fraction of sp³-hybridized carbons (Fsp3) is 0.444. The number of carbonyl (C=O) groups excluding carboxylic acids is 1. The lowest BCUT2D eigenvalue weighted by molar-refractivity contribution is 0.139. The van der Waals surface area contributed by atoms with Gasteiger partial charge in [0.05, 0.1) is 24.5 Å². The molecule has 0 unspecified atom stereocenters. The van der Waals surface area contributed by atoms with Crippen LogP contribution < -0.4 is 4.90 Å². The van der Waals surface area contributed by atoms with Gasteiger partial charge in [-0.05, 0) is 35.8 Å². The van der Waals surface area contributed by atoms with Crippen LogP contribution in [0.5, 0.6) is 0 Å². The molecule has 0 radical (unpaired) electrons. The van der Waals surface area contributed by atoms with Crippen LogP contribution in [0.15, 0.2) is 36.9 Å². The van der Waals surface area contributed by atoms with Crippen LogP contribution in [-0.2, 0) is 4.74 Å². The van der Waals surface area contributed by atoms with Gasteiger partial charge < -0.3 is 9.64 Å². The van der Waals surface area contributed by atoms with Gasteiger partial charge in [-0.1, -0.05) is 11.3 Å². The van der Waals surface area contributed by atoms with E-state index in [1.54, 1.807) is 17.1 Å². The molecule has 0 spiro atoms. The van der Waals surface area contributed by atoms with Crippen molar-refractivity contribution in [2.24, 2.45) is 0 Å². The third-order valence-corrected chi connectivity index (χ3v) is 5.55. The number of hydrogen-bond acceptors (Lipinski definition) is 8. The molecular weight excluding hydrogens is 393 g/mol. The molecule has 0 aliphatic carbocycles. The van der Waals surface area contributed by atoms with Gasteiger partial charge in [-0.2, -0.15) is 4.80 Å². The number of halogens is 1. The molecule has 2 saturated heterocycles. The molecule has 1 amide bonds. The summed E-state index contributed by atoms with van der Waals surface area (Å²) in [4.78, 5) is 17.3. The monoisotopic (exact) mass is 413 g/mol. The maximum atomic E-state index is 15.1. The van der Waals surface area contributed by atoms with Gasteiger partial charge in [0.15, 0.2) is 12.5 Å². The molecule has 4 heterocycles. The van der Waals surface area contributed by atoms with E-state index >= 15 is 4.39 Å². The maximum Gasteiger partial charge on any atom is 0.411 e. The maximum absolute atomic E-state index is 15.1. The summed E-state index contributed by atoms with van der Waals surface area (Å²) in [6.07, 6.45) is 5.13. The van der Waals surface area contributed by atoms with E-state index in [0.29, 0.717) is 37.5 Å². The standard InChI is InChI=1S/C18H20FN9O2/c19-15-11-13(17(27-8-5-20-23-27)26-9-10-30-18(26)29)1-2-16(15)25-6-3-14(4-7-25)28-22-12-21-24-28/h1-2,5,8,11-12,14,17H,3-4,6-7,9-10H2/t17-/m1/s1. The molecule has 2 fully saturated rings. The highest BCUT2D eigenvalue weighted by molar-refractivity contribution is 5.70. The van der Waals surface area contributed by atoms with E-state index in [4.69, 9.17) is 4.74 Å². The lowest BCUT2D eigenvalue weighted by Gasteiger charge is -2.33. The van der Waals surface area contributed by atoms with E-state index < -0.39 is 12.3 Å². The number of ether oxygens (including phenoxy) is 1. The van der Waals surface area contributed by atoms with Crippen molar-refractivity contribution in [3.8, 4) is 0 Å². The highest BCUT2D eigenvalue weighted by Gasteiger charge is 2.33. The molecule has 0 saturated carbocycles. The molecule has 12 heteroatoms. The highest BCUT2D eigenvalue weighted by atomic mass is 19.1. The van der Waals surface area contributed by atoms with Crippen LogP contribution in [0.25, 0.3) is 0 Å². The van der Waals surface area contributed by atoms with E-state index in [0.717, 1.165) is 12.8 Å². The van der Waals surface area contributed by atoms with Gasteiger partial charge in [0, 0.05) is 19.3 Å². The average Bonchev–Trinajstić information content (AvgIpc) is 3.53. The zero-order valence-corrected chi connectivity index (χ0v) is 16.1. The number of amides is 1. The van der Waals surface area contributed by atoms with Crippen molar-refractivity contribution < 1.29 is 13.9 Å². The van der Waals surface area contributed by atoms with Crippen LogP contribution in [0, 0.1) is 5.82 Å². The number of nitrogens with zero attached hydrogens (tertiary/aromatic N) is 9. The first-order valence-electron chi connectivity index (χ1n) is 9.77. The second-order valence-corrected chi connectivity index (χ2v) is 7.25. The number of piperidine rings is 1. The van der Waals surface area contributed by atoms with E-state index in [9.17, 15) is 4.79 Å². The van der Waals surface area contributed by atoms with Gasteiger partial charge >= 0.3 is 6.09 Å². The summed E-state index contributed by atoms with van der Waals surface area (Å²) >= 11 is 0. The Morgan fingerprint density at radius 1 is 1.13 bits per heavy atom. The molecule has 5 rings (SSSR count). The van der Waals surface area contributed by atoms with E-state index in [1.807, 2.05) is 11.0 Å². The van der Waals surface area contributed by atoms with E-state index in [2.05, 4.69) is 25.7 Å². The SMILES string of the molecule is O=C1OCCN1[C@@H](c1ccc(N2CCC(n3ncnn3)CC2)c(F)c1)n1ccnn1. The largest absolute Gasteiger partial charge is 0.447 e. The van der Waals surface area contributed by atoms with Gasteiger partial charge in [0.2, 0.25) is 0 Å². The first-order valence-corrected chi connectivity index (χ1v) is 9.77. The van der Waals surface area contributed by atoms with Crippen molar-refractivity contribution >= 4 is 11.8 Å². The van der Waals surface area contributed by atoms with Crippen LogP contribution in [0.2, 0.25) is 0 Å². The number of benzene rings is 1. The number of aromatic nitrogens is 7. The Kier molecular flexibility index (Phi) is 4.73. The molecule has 2 aliphatic rings. The Bertz CT molecular complexity index is 1000. The van der Waals surface area contributed by atoms with Crippen LogP contribution >= 0.6 is 0 Å². The number of rotatable bonds is 5. The molecule has 0 bridgehead atoms. The minimum atomic E-state index is -0.616. The predicted octanol–water partition coefficient (Wildman–Crippen LogP) is 1.24. The van der Waals surface area contributed by atoms with Gasteiger partial charge in [-0.15, -0.1) is 15.3 Å². The molecule has 11 nitrogen and oxygen atoms in total. The van der Waals surface area contributed by atoms with Crippen LogP contribution in [0.4, 0.5) is 14.9 Å². The number of cyclic esters (lactones) is 1. The number of hydrogen-bond donors (Lipinski definition) is 0. The molecule has 3 aromatic rings. The van der Waals surface area contributed by atoms with Crippen LogP contribution in [-0.4, -0.2) is 72.4 Å². The fourth-order valence-electron chi connectivity index (χ4n) is 4.07. The minimum Gasteiger partial charge on any atom is -0.447 e. The Balaban J connectivity index is 1.37. The van der Waals surface area contributed by atoms with Crippen molar-refractivity contribution in [1.29, 1.82) is 0 Å². The minimum absolute atomic E-state index is 0.170. The van der Waals surface area contributed by atoms with Crippen molar-refractivity contribution in [3.63, 3.8) is 0 Å². The van der Waals surface area contributed by atoms with Gasteiger partial charge in [0.25, 0.3) is 0 Å². The summed E-state index contributed by atoms with van der Waals surface area (Å²) in [7, 11) is 0. The number of carbonyl (C=O) groups is 1. The summed E-state index contributed by atoms with van der Waals surface area (Å²) in [5.41, 5.74) is 1.13. The molecule has 2 aromatic heterocycles. The lowest BCUT2D eigenvalue weighted by Crippen LogP contribution is -2.36. The molecule has 1 aromatic carbocycles. The first kappa shape index (κ1) is 18.5. The Morgan fingerprint density at radius 2 is 2.00 bits per heavy atom. The summed E-state index contributed by atoms with van der Waals surface area (Å²) < 4.78 is 21.7. The van der Waals surface area contributed by atoms with Crippen molar-refractivity contribution in [2.75, 3.05) is 31.1 Å². The summed E-state index contributed by atoms with van der Waals surface area (Å²) in [5, 5.41) is 19.6. The van der Waals surface area contributed by atoms with Crippen LogP contribution in [0.3, 0.4) is 0 Å². The van der Waals surface area contributed by atoms with E-state index in [-0.39, 0.29) is 11.9 Å². The quantitative estimate of drug-likeness (QED) is 0.615. The summed E-state index contributed by atoms with van der Waals surface area (Å²) in [5.74, 6) is -0.345. The average molecular weight is 413 g/mol. The van der Waals surface area contributed by atoms with E-state index in [1.165, 1.54) is 28.2 Å². The molecule has 2 aliphatic heterocycles. The third-order valence-electron chi connectivity index (χ3n) is 5.55. The number of anilines is 1. The second kappa shape index (κ2) is 7.69. The zero-order valence-electron chi connectivity index (χ0n) is 16.1. The fourth-order valence-corrected chi connectivity index (χ4v) is 4.07. The third kappa shape index (κ3) is 3.33. The predicted molar refractivity (Wildman–Crippen MR) is 101 cm³/mol. The first-order chi connectivity index (χ1) is 14.7. The van der Waals surface area contributed by atoms with Crippen molar-refractivity contribution in [1.82, 2.24) is 40.1 Å². The molecule has 156 valence electrons. The van der Waals surface area contributed by atoms with Gasteiger partial charge in [-0.3, -0.25) is 4.90 Å². The Morgan fingerprint density at radius 3 is 2.63 bits per heavy atom. The zero-order chi connectivity index (χ0) is 20.5. The Hall–Kier alpha value is -3.57. The topological polar surface area (TPSA) is 107 Å². The molecule has 0 N–H and O–H groups in total. The van der Waals surface area contributed by atoms with Crippen LogP contribution in [0.1, 0.15) is 30.6 Å². The van der Waals surface area contributed by atoms with Gasteiger partial charge in [0.1, 0.15) is 12.4 Å². The Labute approximate surface area is 171 Å². The molecule has 30 heavy (non-hydrogen) atoms. The normalized spacial score (nSPS) is 18.6. The molecular formula is C18H20FN9O2.